The van der Waals surface area contributed by atoms with Gasteiger partial charge in [-0.25, -0.2) is 0 Å². The molecule has 26 heavy (non-hydrogen) atoms. The molecule has 0 radical (unpaired) electrons. The van der Waals surface area contributed by atoms with E-state index in [4.69, 9.17) is 4.74 Å². The molecule has 7 heteroatoms. The highest BCUT2D eigenvalue weighted by molar-refractivity contribution is 5.80. The summed E-state index contributed by atoms with van der Waals surface area (Å²) in [4.78, 5) is 17.6. The molecule has 0 fully saturated rings. The number of hydrogen-bond donors (Lipinski definition) is 2. The maximum Gasteiger partial charge on any atom is 0.252 e. The van der Waals surface area contributed by atoms with Crippen molar-refractivity contribution < 1.29 is 9.84 Å². The molecule has 3 aromatic rings. The summed E-state index contributed by atoms with van der Waals surface area (Å²) >= 11 is 0. The van der Waals surface area contributed by atoms with Crippen LogP contribution >= 0.6 is 0 Å². The lowest BCUT2D eigenvalue weighted by Gasteiger charge is -2.27. The first-order chi connectivity index (χ1) is 12.5. The minimum atomic E-state index is -0.568. The number of ether oxygens (including phenoxy) is 1. The third-order valence-electron chi connectivity index (χ3n) is 4.85. The molecule has 0 bridgehead atoms. The zero-order chi connectivity index (χ0) is 18.3. The summed E-state index contributed by atoms with van der Waals surface area (Å²) in [5, 5.41) is 15.1. The maximum absolute atomic E-state index is 12.5. The molecule has 1 unspecified atom stereocenters. The van der Waals surface area contributed by atoms with Gasteiger partial charge in [-0.15, -0.1) is 0 Å². The Bertz CT molecular complexity index is 1010. The number of pyridine rings is 1. The van der Waals surface area contributed by atoms with E-state index >= 15 is 0 Å². The van der Waals surface area contributed by atoms with Crippen LogP contribution < -0.4 is 10.3 Å². The van der Waals surface area contributed by atoms with E-state index in [0.717, 1.165) is 41.0 Å². The monoisotopic (exact) mass is 354 g/mol. The Kier molecular flexibility index (Phi) is 4.26. The predicted octanol–water partition coefficient (Wildman–Crippen LogP) is 1.80. The zero-order valence-corrected chi connectivity index (χ0v) is 14.9. The smallest absolute Gasteiger partial charge is 0.252 e. The normalized spacial score (nSPS) is 15.8. The fourth-order valence-corrected chi connectivity index (χ4v) is 3.39. The molecule has 1 aliphatic heterocycles. The Hall–Kier alpha value is -2.64. The molecule has 4 rings (SSSR count). The summed E-state index contributed by atoms with van der Waals surface area (Å²) in [7, 11) is 1.61. The molecule has 2 aromatic heterocycles. The number of rotatable bonds is 4. The molecule has 3 heterocycles. The molecular formula is C19H22N4O3. The highest BCUT2D eigenvalue weighted by Crippen LogP contribution is 2.21. The van der Waals surface area contributed by atoms with Gasteiger partial charge in [0.1, 0.15) is 5.75 Å². The third kappa shape index (κ3) is 3.11. The van der Waals surface area contributed by atoms with Gasteiger partial charge in [-0.05, 0) is 36.6 Å². The molecule has 0 saturated heterocycles. The number of nitrogens with zero attached hydrogens (tertiary/aromatic N) is 3. The van der Waals surface area contributed by atoms with E-state index in [1.807, 2.05) is 35.0 Å². The maximum atomic E-state index is 12.5. The number of aromatic nitrogens is 3. The lowest BCUT2D eigenvalue weighted by atomic mass is 10.1. The van der Waals surface area contributed by atoms with E-state index in [-0.39, 0.29) is 5.56 Å². The van der Waals surface area contributed by atoms with Crippen molar-refractivity contribution in [3.8, 4) is 5.75 Å². The fourth-order valence-electron chi connectivity index (χ4n) is 3.39. The Balaban J connectivity index is 1.57. The van der Waals surface area contributed by atoms with Gasteiger partial charge >= 0.3 is 0 Å². The lowest BCUT2D eigenvalue weighted by Crippen LogP contribution is -2.35. The molecule has 0 amide bonds. The second kappa shape index (κ2) is 6.59. The van der Waals surface area contributed by atoms with Crippen molar-refractivity contribution in [3.63, 3.8) is 0 Å². The van der Waals surface area contributed by atoms with E-state index in [2.05, 4.69) is 15.0 Å². The van der Waals surface area contributed by atoms with Crippen LogP contribution in [0, 0.1) is 0 Å². The van der Waals surface area contributed by atoms with Crippen LogP contribution in [0.5, 0.6) is 5.75 Å². The predicted molar refractivity (Wildman–Crippen MR) is 98.1 cm³/mol. The highest BCUT2D eigenvalue weighted by Gasteiger charge is 2.20. The summed E-state index contributed by atoms with van der Waals surface area (Å²) in [5.74, 6) is 0.721. The van der Waals surface area contributed by atoms with Crippen molar-refractivity contribution in [1.29, 1.82) is 0 Å². The molecule has 7 nitrogen and oxygen atoms in total. The second-order valence-electron chi connectivity index (χ2n) is 6.75. The van der Waals surface area contributed by atoms with Crippen molar-refractivity contribution in [3.05, 3.63) is 57.6 Å². The molecular weight excluding hydrogens is 332 g/mol. The number of methoxy groups -OCH3 is 1. The number of aromatic amines is 1. The fraction of sp³-hybridized carbons (Fsp3) is 0.368. The quantitative estimate of drug-likeness (QED) is 0.746. The van der Waals surface area contributed by atoms with Gasteiger partial charge in [-0.3, -0.25) is 14.4 Å². The van der Waals surface area contributed by atoms with Crippen LogP contribution in [-0.4, -0.2) is 38.4 Å². The van der Waals surface area contributed by atoms with Crippen molar-refractivity contribution in [2.45, 2.75) is 32.7 Å². The minimum absolute atomic E-state index is 0.0745. The molecule has 1 aromatic carbocycles. The minimum Gasteiger partial charge on any atom is -0.497 e. The number of aliphatic hydroxyl groups is 1. The Morgan fingerprint density at radius 1 is 1.31 bits per heavy atom. The first-order valence-corrected chi connectivity index (χ1v) is 8.70. The summed E-state index contributed by atoms with van der Waals surface area (Å²) < 4.78 is 7.15. The van der Waals surface area contributed by atoms with Crippen molar-refractivity contribution in [2.24, 2.45) is 0 Å². The van der Waals surface area contributed by atoms with Gasteiger partial charge in [0.15, 0.2) is 0 Å². The number of aliphatic hydroxyl groups excluding tert-OH is 1. The van der Waals surface area contributed by atoms with Crippen LogP contribution in [0.1, 0.15) is 30.0 Å². The van der Waals surface area contributed by atoms with Crippen molar-refractivity contribution in [2.75, 3.05) is 13.7 Å². The van der Waals surface area contributed by atoms with E-state index in [1.54, 1.807) is 14.0 Å². The lowest BCUT2D eigenvalue weighted by molar-refractivity contribution is 0.189. The van der Waals surface area contributed by atoms with Crippen molar-refractivity contribution >= 4 is 10.9 Å². The second-order valence-corrected chi connectivity index (χ2v) is 6.75. The summed E-state index contributed by atoms with van der Waals surface area (Å²) in [5.41, 5.74) is 3.20. The first kappa shape index (κ1) is 16.8. The molecule has 1 aliphatic rings. The molecule has 0 spiro atoms. The zero-order valence-electron chi connectivity index (χ0n) is 14.9. The van der Waals surface area contributed by atoms with Gasteiger partial charge in [0.25, 0.3) is 5.56 Å². The van der Waals surface area contributed by atoms with Gasteiger partial charge in [0.2, 0.25) is 0 Å². The van der Waals surface area contributed by atoms with Crippen LogP contribution in [0.15, 0.2) is 35.1 Å². The Morgan fingerprint density at radius 2 is 2.15 bits per heavy atom. The summed E-state index contributed by atoms with van der Waals surface area (Å²) in [6.45, 7) is 4.57. The number of fused-ring (bicyclic) bond motifs is 2. The third-order valence-corrected chi connectivity index (χ3v) is 4.85. The Morgan fingerprint density at radius 3 is 2.92 bits per heavy atom. The van der Waals surface area contributed by atoms with Crippen LogP contribution in [0.4, 0.5) is 0 Å². The van der Waals surface area contributed by atoms with Gasteiger partial charge in [0.05, 0.1) is 36.7 Å². The molecule has 1 atom stereocenters. The number of nitrogens with one attached hydrogen (secondary N) is 1. The molecule has 136 valence electrons. The van der Waals surface area contributed by atoms with Gasteiger partial charge < -0.3 is 14.8 Å². The van der Waals surface area contributed by atoms with E-state index in [0.29, 0.717) is 18.8 Å². The molecule has 0 aliphatic carbocycles. The van der Waals surface area contributed by atoms with Gasteiger partial charge in [0, 0.05) is 31.3 Å². The van der Waals surface area contributed by atoms with Gasteiger partial charge in [-0.1, -0.05) is 0 Å². The van der Waals surface area contributed by atoms with Crippen LogP contribution in [0.3, 0.4) is 0 Å². The standard InChI is InChI=1S/C19H22N4O3/c1-12(24)17-8-15-11-22(5-6-23(15)21-17)10-14-7-13-3-4-16(26-2)9-18(13)20-19(14)25/h3-4,7-9,12,24H,5-6,10-11H2,1-2H3,(H,20,25). The Labute approximate surface area is 150 Å². The number of hydrogen-bond acceptors (Lipinski definition) is 5. The number of benzene rings is 1. The van der Waals surface area contributed by atoms with E-state index in [1.165, 1.54) is 0 Å². The van der Waals surface area contributed by atoms with Crippen molar-refractivity contribution in [1.82, 2.24) is 19.7 Å². The average Bonchev–Trinajstić information content (AvgIpc) is 3.05. The largest absolute Gasteiger partial charge is 0.497 e. The van der Waals surface area contributed by atoms with Crippen LogP contribution in [-0.2, 0) is 19.6 Å². The average molecular weight is 354 g/mol. The first-order valence-electron chi connectivity index (χ1n) is 8.70. The van der Waals surface area contributed by atoms with Crippen LogP contribution in [0.25, 0.3) is 10.9 Å². The van der Waals surface area contributed by atoms with Gasteiger partial charge in [-0.2, -0.15) is 5.10 Å². The summed E-state index contributed by atoms with van der Waals surface area (Å²) in [6.07, 6.45) is -0.568. The SMILES string of the molecule is COc1ccc2cc(CN3CCn4nc(C(C)O)cc4C3)c(=O)[nH]c2c1. The number of H-pyrrole nitrogens is 1. The summed E-state index contributed by atoms with van der Waals surface area (Å²) in [6, 6.07) is 9.56. The molecule has 0 saturated carbocycles. The topological polar surface area (TPSA) is 83.4 Å². The van der Waals surface area contributed by atoms with E-state index < -0.39 is 6.10 Å². The van der Waals surface area contributed by atoms with Crippen LogP contribution in [0.2, 0.25) is 0 Å². The van der Waals surface area contributed by atoms with E-state index in [9.17, 15) is 9.90 Å². The molecule has 2 N–H and O–H groups in total. The highest BCUT2D eigenvalue weighted by atomic mass is 16.5.